The van der Waals surface area contributed by atoms with Gasteiger partial charge in [-0.05, 0) is 223 Å². The van der Waals surface area contributed by atoms with Crippen molar-refractivity contribution < 1.29 is 4.74 Å². The highest BCUT2D eigenvalue weighted by Gasteiger charge is 2.23. The number of likely N-dealkylation sites (tertiary alicyclic amines) is 1. The second-order valence-corrected chi connectivity index (χ2v) is 38.5. The number of aryl methyl sites for hydroxylation is 2. The van der Waals surface area contributed by atoms with Crippen molar-refractivity contribution in [3.8, 4) is 117 Å². The Labute approximate surface area is 869 Å². The van der Waals surface area contributed by atoms with Crippen LogP contribution in [0.2, 0.25) is 0 Å². The summed E-state index contributed by atoms with van der Waals surface area (Å²) in [6.07, 6.45) is 39.6. The average Bonchev–Trinajstić information content (AvgIpc) is 1.61. The molecule has 3 aliphatic heterocycles. The highest BCUT2D eigenvalue weighted by atomic mass is 16.5. The largest absolute Gasteiger partial charge is 0.492 e. The quantitative estimate of drug-likeness (QED) is 0.0902. The molecule has 0 spiro atoms. The summed E-state index contributed by atoms with van der Waals surface area (Å²) in [4.78, 5) is 46.7. The lowest BCUT2D eigenvalue weighted by Crippen LogP contribution is -2.46. The van der Waals surface area contributed by atoms with Crippen LogP contribution in [0.15, 0.2) is 421 Å². The number of ether oxygens (including phenoxy) is 1. The van der Waals surface area contributed by atoms with Crippen LogP contribution in [-0.4, -0.2) is 172 Å². The summed E-state index contributed by atoms with van der Waals surface area (Å²) in [5.74, 6) is 0.919. The van der Waals surface area contributed by atoms with Crippen molar-refractivity contribution in [2.75, 3.05) is 94.9 Å². The van der Waals surface area contributed by atoms with Gasteiger partial charge in [-0.1, -0.05) is 213 Å². The van der Waals surface area contributed by atoms with E-state index in [0.29, 0.717) is 0 Å². The zero-order chi connectivity index (χ0) is 101. The average molecular weight is 1960 g/mol. The number of likely N-dealkylation sites (N-methyl/N-ethyl adjacent to an activating group) is 1. The Bertz CT molecular complexity index is 8890. The van der Waals surface area contributed by atoms with E-state index in [4.69, 9.17) is 19.7 Å². The summed E-state index contributed by atoms with van der Waals surface area (Å²) in [6.45, 7) is 20.4. The number of piperidine rings is 1. The fraction of sp³-hybridized carbons (Fsp3) is 0.148. The molecule has 0 amide bonds. The lowest BCUT2D eigenvalue weighted by atomic mass is 10.0. The molecule has 0 bridgehead atoms. The molecule has 0 radical (unpaired) electrons. The van der Waals surface area contributed by atoms with Crippen LogP contribution in [0.3, 0.4) is 0 Å². The number of piperazine rings is 2. The maximum absolute atomic E-state index is 5.99. The Hall–Kier alpha value is -18.1. The third-order valence-electron chi connectivity index (χ3n) is 29.2. The molecule has 3 saturated heterocycles. The Balaban J connectivity index is 0.000000100. The molecule has 18 heterocycles. The van der Waals surface area contributed by atoms with Crippen LogP contribution in [0.25, 0.3) is 194 Å². The number of pyridine rings is 7. The van der Waals surface area contributed by atoms with Gasteiger partial charge in [0.2, 0.25) is 0 Å². The molecule has 22 nitrogen and oxygen atoms in total. The van der Waals surface area contributed by atoms with Gasteiger partial charge < -0.3 is 33.6 Å². The smallest absolute Gasteiger partial charge is 0.162 e. The van der Waals surface area contributed by atoms with E-state index in [1.165, 1.54) is 71.5 Å². The maximum atomic E-state index is 5.99. The Morgan fingerprint density at radius 2 is 0.613 bits per heavy atom. The highest BCUT2D eigenvalue weighted by Crippen LogP contribution is 2.40. The molecule has 0 atom stereocenters. The van der Waals surface area contributed by atoms with Crippen molar-refractivity contribution in [3.63, 3.8) is 0 Å². The first kappa shape index (κ1) is 94.2. The molecule has 10 aromatic carbocycles. The molecule has 3 aliphatic rings. The first-order valence-electron chi connectivity index (χ1n) is 51.8. The number of hydrogen-bond acceptors (Lipinski definition) is 17. The zero-order valence-electron chi connectivity index (χ0n) is 84.0. The number of para-hydroxylation sites is 5. The summed E-state index contributed by atoms with van der Waals surface area (Å²) >= 11 is 0. The molecule has 25 aromatic rings. The van der Waals surface area contributed by atoms with Gasteiger partial charge in [-0.15, -0.1) is 0 Å². The van der Waals surface area contributed by atoms with E-state index in [2.05, 4.69) is 375 Å². The Morgan fingerprint density at radius 3 is 1.04 bits per heavy atom. The topological polar surface area (TPSA) is 198 Å². The van der Waals surface area contributed by atoms with E-state index in [1.807, 2.05) is 155 Å². The van der Waals surface area contributed by atoms with Crippen molar-refractivity contribution in [3.05, 3.63) is 432 Å². The second kappa shape index (κ2) is 42.9. The molecule has 734 valence electrons. The van der Waals surface area contributed by atoms with Gasteiger partial charge in [0.15, 0.2) is 5.65 Å². The van der Waals surface area contributed by atoms with Crippen molar-refractivity contribution >= 4 is 93.9 Å². The van der Waals surface area contributed by atoms with Crippen LogP contribution in [0.1, 0.15) is 37.3 Å². The molecular formula is C128H111N21O. The standard InChI is InChI=1S/C29H28N4O.C27H26N6.C26H23N5.2C23H17N3/c1-4-15-32(16-5-1)18-19-34-24-10-8-22(9-11-24)23-20-31-29-27(13-17-33(29)21-23)25-12-14-30-28-7-3-2-6-26(25)28;1-2-31-13-15-32(16-14-31)22-9-7-20(8-10-22)21-17-29-27-25(18-30-33(27)19-21)23-11-12-28-26-6-4-3-5-24(23)26;1-2-4-25-23(3-1)22(11-12-28-25)24-17-29-31-18-20(7-10-26(24)31)19-5-8-21(9-6-19)30-15-13-27-14-16-30;1-16-6-8-17(9-7-16)18-14-25-23-21(11-13-26(23)15-18)19-10-12-24-22-5-3-2-4-20(19)22;1-16-6-8-17(9-7-16)18-10-11-23-21(14-25-26(23)15-18)19-12-13-24-22-5-3-2-4-20(19)22/h2-3,6-14,17,20-21H,1,4-5,15-16,18-19H2;3-12,17-19H,2,13-16H2,1H3;1-12,17-18,27H,13-16H2;2*2-15H,1H3. The van der Waals surface area contributed by atoms with Crippen molar-refractivity contribution in [2.45, 2.75) is 40.0 Å². The van der Waals surface area contributed by atoms with Gasteiger partial charge in [-0.2, -0.15) is 15.3 Å². The van der Waals surface area contributed by atoms with E-state index in [-0.39, 0.29) is 0 Å². The molecule has 1 N–H and O–H groups in total. The Kier molecular flexibility index (Phi) is 26.9. The van der Waals surface area contributed by atoms with Crippen molar-refractivity contribution in [1.82, 2.24) is 92.6 Å². The summed E-state index contributed by atoms with van der Waals surface area (Å²) < 4.78 is 16.0. The number of nitrogens with zero attached hydrogens (tertiary/aromatic N) is 20. The minimum Gasteiger partial charge on any atom is -0.492 e. The molecular weight excluding hydrogens is 1850 g/mol. The number of fused-ring (bicyclic) bond motifs is 10. The number of nitrogens with one attached hydrogen (secondary N) is 1. The lowest BCUT2D eigenvalue weighted by Gasteiger charge is -2.35. The number of rotatable bonds is 17. The van der Waals surface area contributed by atoms with E-state index in [1.54, 1.807) is 0 Å². The van der Waals surface area contributed by atoms with Crippen LogP contribution in [0.5, 0.6) is 5.75 Å². The molecule has 22 heteroatoms. The molecule has 3 fully saturated rings. The lowest BCUT2D eigenvalue weighted by molar-refractivity contribution is 0.183. The highest BCUT2D eigenvalue weighted by molar-refractivity contribution is 6.03. The van der Waals surface area contributed by atoms with Gasteiger partial charge in [0.1, 0.15) is 23.7 Å². The number of benzene rings is 10. The van der Waals surface area contributed by atoms with E-state index in [0.717, 1.165) is 255 Å². The van der Waals surface area contributed by atoms with Crippen molar-refractivity contribution in [2.24, 2.45) is 0 Å². The minimum absolute atomic E-state index is 0.739. The molecule has 0 aliphatic carbocycles. The molecule has 0 unspecified atom stereocenters. The van der Waals surface area contributed by atoms with E-state index < -0.39 is 0 Å². The van der Waals surface area contributed by atoms with Gasteiger partial charge in [0.25, 0.3) is 0 Å². The van der Waals surface area contributed by atoms with Gasteiger partial charge in [0.05, 0.1) is 57.2 Å². The first-order valence-corrected chi connectivity index (χ1v) is 51.8. The SMILES string of the molecule is CCN1CCN(c2ccc(-c3cnc4c(-c5ccnc6ccccc56)cnn4c3)cc2)CC1.Cc1ccc(-c2ccc3c(-c4ccnc5ccccc45)cnn3c2)cc1.Cc1ccc(-c2cnc3c(-c4ccnc5ccccc45)ccn3c2)cc1.c1ccc2c(-c3ccn4cc(-c5ccc(OCCN6CCCCC6)cc5)cnc34)ccnc2c1.c1ccc2c(-c3cnn4cc(-c5ccc(N6CCNCC6)cc5)ccc34)ccnc2c1. The van der Waals surface area contributed by atoms with Crippen LogP contribution in [0.4, 0.5) is 11.4 Å². The molecule has 15 aromatic heterocycles. The zero-order valence-corrected chi connectivity index (χ0v) is 84.0. The Morgan fingerprint density at radius 1 is 0.267 bits per heavy atom. The predicted octanol–water partition coefficient (Wildman–Crippen LogP) is 26.5. The fourth-order valence-electron chi connectivity index (χ4n) is 21.0. The summed E-state index contributed by atoms with van der Waals surface area (Å²) in [7, 11) is 0. The second-order valence-electron chi connectivity index (χ2n) is 38.5. The van der Waals surface area contributed by atoms with E-state index >= 15 is 0 Å². The minimum atomic E-state index is 0.739. The molecule has 0 saturated carbocycles. The maximum Gasteiger partial charge on any atom is 0.162 e. The van der Waals surface area contributed by atoms with Crippen molar-refractivity contribution in [1.29, 1.82) is 0 Å². The number of anilines is 2. The van der Waals surface area contributed by atoms with Crippen LogP contribution >= 0.6 is 0 Å². The molecule has 150 heavy (non-hydrogen) atoms. The number of aromatic nitrogens is 16. The van der Waals surface area contributed by atoms with Crippen LogP contribution in [-0.2, 0) is 0 Å². The monoisotopic (exact) mass is 1960 g/mol. The predicted molar refractivity (Wildman–Crippen MR) is 609 cm³/mol. The van der Waals surface area contributed by atoms with Gasteiger partial charge >= 0.3 is 0 Å². The van der Waals surface area contributed by atoms with Gasteiger partial charge in [0, 0.05) is 246 Å². The fourth-order valence-corrected chi connectivity index (χ4v) is 21.0. The molecule has 28 rings (SSSR count). The third-order valence-corrected chi connectivity index (χ3v) is 29.2. The normalized spacial score (nSPS) is 13.5. The van der Waals surface area contributed by atoms with Gasteiger partial charge in [-0.25, -0.2) is 28.5 Å². The first-order chi connectivity index (χ1) is 74.1. The van der Waals surface area contributed by atoms with Crippen LogP contribution in [0, 0.1) is 13.8 Å². The summed E-state index contributed by atoms with van der Waals surface area (Å²) in [5, 5.41) is 23.0. The third kappa shape index (κ3) is 20.0. The van der Waals surface area contributed by atoms with E-state index in [9.17, 15) is 0 Å². The van der Waals surface area contributed by atoms with Gasteiger partial charge in [-0.3, -0.25) is 29.8 Å². The summed E-state index contributed by atoms with van der Waals surface area (Å²) in [6, 6.07) is 107. The number of hydrogen-bond donors (Lipinski definition) is 1. The summed E-state index contributed by atoms with van der Waals surface area (Å²) in [5.41, 5.74) is 37.7. The van der Waals surface area contributed by atoms with Crippen LogP contribution < -0.4 is 19.9 Å².